The Kier molecular flexibility index (Phi) is 6.72. The van der Waals surface area contributed by atoms with Gasteiger partial charge in [0.25, 0.3) is 0 Å². The van der Waals surface area contributed by atoms with E-state index >= 15 is 0 Å². The SMILES string of the molecule is COC[C@H]1CN[C@H](C)CN1CC(=O)N1CC(C)(C)c2cnc(Oc3ccccc3Cl)cc21. The van der Waals surface area contributed by atoms with Gasteiger partial charge in [-0.2, -0.15) is 0 Å². The standard InChI is InChI=1S/C24H31ClN4O3/c1-16-12-28(17(10-26-16)14-31-4)13-23(30)29-15-24(2,3)18-11-27-22(9-20(18)29)32-21-8-6-5-7-19(21)25/h5-9,11,16-17,26H,10,12-15H2,1-4H3/t16-,17-/m1/s1. The molecule has 7 nitrogen and oxygen atoms in total. The predicted molar refractivity (Wildman–Crippen MR) is 126 cm³/mol. The van der Waals surface area contributed by atoms with Crippen LogP contribution in [0.25, 0.3) is 0 Å². The van der Waals surface area contributed by atoms with Gasteiger partial charge in [0, 0.05) is 62.1 Å². The molecule has 2 aliphatic heterocycles. The zero-order valence-electron chi connectivity index (χ0n) is 19.1. The van der Waals surface area contributed by atoms with Crippen molar-refractivity contribution in [3.8, 4) is 11.6 Å². The van der Waals surface area contributed by atoms with Crippen molar-refractivity contribution in [1.82, 2.24) is 15.2 Å². The van der Waals surface area contributed by atoms with Gasteiger partial charge >= 0.3 is 0 Å². The number of benzene rings is 1. The number of pyridine rings is 1. The van der Waals surface area contributed by atoms with Crippen molar-refractivity contribution in [2.24, 2.45) is 0 Å². The highest BCUT2D eigenvalue weighted by atomic mass is 35.5. The predicted octanol–water partition coefficient (Wildman–Crippen LogP) is 3.46. The van der Waals surface area contributed by atoms with Gasteiger partial charge in [0.2, 0.25) is 11.8 Å². The number of piperazine rings is 1. The average molecular weight is 459 g/mol. The van der Waals surface area contributed by atoms with Gasteiger partial charge in [0.15, 0.2) is 0 Å². The van der Waals surface area contributed by atoms with Gasteiger partial charge in [-0.1, -0.05) is 37.6 Å². The molecular formula is C24H31ClN4O3. The van der Waals surface area contributed by atoms with E-state index in [-0.39, 0.29) is 17.4 Å². The molecule has 2 aliphatic rings. The number of hydrogen-bond acceptors (Lipinski definition) is 6. The fourth-order valence-electron chi connectivity index (χ4n) is 4.50. The molecule has 172 valence electrons. The van der Waals surface area contributed by atoms with Crippen molar-refractivity contribution in [2.75, 3.05) is 44.8 Å². The lowest BCUT2D eigenvalue weighted by molar-refractivity contribution is -0.121. The summed E-state index contributed by atoms with van der Waals surface area (Å²) >= 11 is 6.24. The summed E-state index contributed by atoms with van der Waals surface area (Å²) in [4.78, 5) is 22.1. The van der Waals surface area contributed by atoms with Crippen LogP contribution in [-0.4, -0.2) is 67.8 Å². The Labute approximate surface area is 194 Å². The van der Waals surface area contributed by atoms with E-state index < -0.39 is 0 Å². The molecule has 0 spiro atoms. The van der Waals surface area contributed by atoms with Crippen LogP contribution in [0.3, 0.4) is 0 Å². The van der Waals surface area contributed by atoms with E-state index in [0.29, 0.717) is 42.4 Å². The van der Waals surface area contributed by atoms with E-state index in [1.807, 2.05) is 29.3 Å². The Morgan fingerprint density at radius 3 is 2.88 bits per heavy atom. The first-order valence-electron chi connectivity index (χ1n) is 11.0. The first-order chi connectivity index (χ1) is 15.3. The van der Waals surface area contributed by atoms with Crippen LogP contribution in [0.5, 0.6) is 11.6 Å². The summed E-state index contributed by atoms with van der Waals surface area (Å²) < 4.78 is 11.3. The summed E-state index contributed by atoms with van der Waals surface area (Å²) in [6.07, 6.45) is 1.81. The van der Waals surface area contributed by atoms with Crippen molar-refractivity contribution in [3.05, 3.63) is 47.1 Å². The number of amides is 1. The fraction of sp³-hybridized carbons (Fsp3) is 0.500. The molecule has 1 aromatic carbocycles. The molecule has 0 saturated carbocycles. The minimum atomic E-state index is -0.191. The van der Waals surface area contributed by atoms with Crippen LogP contribution in [0.1, 0.15) is 26.3 Å². The fourth-order valence-corrected chi connectivity index (χ4v) is 4.67. The first kappa shape index (κ1) is 23.0. The van der Waals surface area contributed by atoms with Gasteiger partial charge in [-0.15, -0.1) is 0 Å². The number of ether oxygens (including phenoxy) is 2. The van der Waals surface area contributed by atoms with Gasteiger partial charge in [-0.3, -0.25) is 9.69 Å². The summed E-state index contributed by atoms with van der Waals surface area (Å²) in [7, 11) is 1.70. The Morgan fingerprint density at radius 2 is 2.12 bits per heavy atom. The number of nitrogens with zero attached hydrogens (tertiary/aromatic N) is 3. The number of nitrogens with one attached hydrogen (secondary N) is 1. The molecule has 3 heterocycles. The molecule has 0 bridgehead atoms. The number of hydrogen-bond donors (Lipinski definition) is 1. The molecule has 1 aromatic heterocycles. The van der Waals surface area contributed by atoms with E-state index in [1.165, 1.54) is 0 Å². The van der Waals surface area contributed by atoms with Crippen LogP contribution in [0.15, 0.2) is 36.5 Å². The number of aromatic nitrogens is 1. The number of carbonyl (C=O) groups excluding carboxylic acids is 1. The maximum atomic E-state index is 13.5. The van der Waals surface area contributed by atoms with E-state index in [4.69, 9.17) is 21.1 Å². The monoisotopic (exact) mass is 458 g/mol. The molecular weight excluding hydrogens is 428 g/mol. The summed E-state index contributed by atoms with van der Waals surface area (Å²) in [6, 6.07) is 9.63. The van der Waals surface area contributed by atoms with Crippen molar-refractivity contribution < 1.29 is 14.3 Å². The van der Waals surface area contributed by atoms with Crippen molar-refractivity contribution in [3.63, 3.8) is 0 Å². The molecule has 0 unspecified atom stereocenters. The number of carbonyl (C=O) groups is 1. The smallest absolute Gasteiger partial charge is 0.241 e. The second-order valence-corrected chi connectivity index (χ2v) is 9.69. The molecule has 1 N–H and O–H groups in total. The van der Waals surface area contributed by atoms with Crippen LogP contribution >= 0.6 is 11.6 Å². The third kappa shape index (κ3) is 4.76. The van der Waals surface area contributed by atoms with E-state index in [9.17, 15) is 4.79 Å². The molecule has 2 aromatic rings. The van der Waals surface area contributed by atoms with Crippen LogP contribution in [-0.2, 0) is 14.9 Å². The second-order valence-electron chi connectivity index (χ2n) is 9.28. The van der Waals surface area contributed by atoms with Crippen molar-refractivity contribution >= 4 is 23.2 Å². The Balaban J connectivity index is 1.57. The molecule has 4 rings (SSSR count). The van der Waals surface area contributed by atoms with Gasteiger partial charge in [0.05, 0.1) is 23.9 Å². The van der Waals surface area contributed by atoms with Crippen molar-refractivity contribution in [2.45, 2.75) is 38.3 Å². The van der Waals surface area contributed by atoms with E-state index in [1.54, 1.807) is 19.2 Å². The van der Waals surface area contributed by atoms with Gasteiger partial charge in [0.1, 0.15) is 5.75 Å². The highest BCUT2D eigenvalue weighted by Gasteiger charge is 2.40. The number of anilines is 1. The summed E-state index contributed by atoms with van der Waals surface area (Å²) in [5.74, 6) is 1.02. The zero-order valence-corrected chi connectivity index (χ0v) is 19.9. The van der Waals surface area contributed by atoms with Crippen LogP contribution in [0, 0.1) is 0 Å². The lowest BCUT2D eigenvalue weighted by atomic mass is 9.88. The van der Waals surface area contributed by atoms with Crippen molar-refractivity contribution in [1.29, 1.82) is 0 Å². The lowest BCUT2D eigenvalue weighted by Crippen LogP contribution is -2.59. The Bertz CT molecular complexity index is 983. The maximum Gasteiger partial charge on any atom is 0.241 e. The number of methoxy groups -OCH3 is 1. The number of halogens is 1. The second kappa shape index (κ2) is 9.35. The van der Waals surface area contributed by atoms with Gasteiger partial charge < -0.3 is 19.7 Å². The number of rotatable bonds is 6. The molecule has 2 atom stereocenters. The first-order valence-corrected chi connectivity index (χ1v) is 11.4. The van der Waals surface area contributed by atoms with Gasteiger partial charge in [-0.25, -0.2) is 4.98 Å². The molecule has 0 radical (unpaired) electrons. The number of fused-ring (bicyclic) bond motifs is 1. The summed E-state index contributed by atoms with van der Waals surface area (Å²) in [5, 5.41) is 3.99. The molecule has 8 heteroatoms. The normalized spacial score (nSPS) is 22.6. The summed E-state index contributed by atoms with van der Waals surface area (Å²) in [5.41, 5.74) is 1.70. The highest BCUT2D eigenvalue weighted by molar-refractivity contribution is 6.32. The minimum absolute atomic E-state index is 0.0712. The molecule has 1 saturated heterocycles. The number of para-hydroxylation sites is 1. The quantitative estimate of drug-likeness (QED) is 0.715. The summed E-state index contributed by atoms with van der Waals surface area (Å²) in [6.45, 7) is 9.57. The lowest BCUT2D eigenvalue weighted by Gasteiger charge is -2.39. The molecule has 32 heavy (non-hydrogen) atoms. The average Bonchev–Trinajstić information content (AvgIpc) is 3.02. The Morgan fingerprint density at radius 1 is 1.34 bits per heavy atom. The third-order valence-electron chi connectivity index (χ3n) is 6.21. The maximum absolute atomic E-state index is 13.5. The third-order valence-corrected chi connectivity index (χ3v) is 6.52. The van der Waals surface area contributed by atoms with Gasteiger partial charge in [-0.05, 0) is 19.1 Å². The molecule has 1 amide bonds. The molecule has 1 fully saturated rings. The molecule has 0 aliphatic carbocycles. The van der Waals surface area contributed by atoms with E-state index in [2.05, 4.69) is 36.0 Å². The topological polar surface area (TPSA) is 66.9 Å². The highest BCUT2D eigenvalue weighted by Crippen LogP contribution is 2.42. The van der Waals surface area contributed by atoms with Crippen LogP contribution in [0.2, 0.25) is 5.02 Å². The van der Waals surface area contributed by atoms with E-state index in [0.717, 1.165) is 24.3 Å². The largest absolute Gasteiger partial charge is 0.437 e. The zero-order chi connectivity index (χ0) is 22.9. The van der Waals surface area contributed by atoms with Crippen LogP contribution < -0.4 is 15.0 Å². The van der Waals surface area contributed by atoms with Crippen LogP contribution in [0.4, 0.5) is 5.69 Å². The minimum Gasteiger partial charge on any atom is -0.437 e. The Hall–Kier alpha value is -2.19.